The third kappa shape index (κ3) is 3.17. The third-order valence-corrected chi connectivity index (χ3v) is 4.29. The fraction of sp³-hybridized carbons (Fsp3) is 0.143. The van der Waals surface area contributed by atoms with Crippen LogP contribution < -0.4 is 14.6 Å². The summed E-state index contributed by atoms with van der Waals surface area (Å²) in [5.41, 5.74) is 0.361. The lowest BCUT2D eigenvalue weighted by Crippen LogP contribution is -2.23. The van der Waals surface area contributed by atoms with E-state index in [4.69, 9.17) is 4.74 Å². The van der Waals surface area contributed by atoms with Gasteiger partial charge in [-0.25, -0.2) is 13.4 Å². The van der Waals surface area contributed by atoms with Gasteiger partial charge in [0.15, 0.2) is 0 Å². The number of aromatic nitrogens is 1. The van der Waals surface area contributed by atoms with Gasteiger partial charge in [0.05, 0.1) is 13.1 Å². The molecule has 0 unspecified atom stereocenters. The number of carbonyl (C=O) groups excluding carboxylic acids is 1. The minimum absolute atomic E-state index is 0.0195. The van der Waals surface area contributed by atoms with Crippen molar-refractivity contribution < 1.29 is 23.1 Å². The smallest absolute Gasteiger partial charge is 0.266 e. The number of nitrogens with one attached hydrogen (secondary N) is 1. The van der Waals surface area contributed by atoms with Gasteiger partial charge in [-0.1, -0.05) is 6.07 Å². The van der Waals surface area contributed by atoms with E-state index in [2.05, 4.69) is 9.71 Å². The summed E-state index contributed by atoms with van der Waals surface area (Å²) in [6.45, 7) is 1.69. The van der Waals surface area contributed by atoms with Crippen molar-refractivity contribution in [2.75, 3.05) is 11.8 Å². The Morgan fingerprint density at radius 1 is 1.32 bits per heavy atom. The predicted molar refractivity (Wildman–Crippen MR) is 77.1 cm³/mol. The van der Waals surface area contributed by atoms with Crippen LogP contribution in [-0.2, 0) is 10.0 Å². The highest BCUT2D eigenvalue weighted by atomic mass is 32.2. The summed E-state index contributed by atoms with van der Waals surface area (Å²) in [7, 11) is -2.77. The molecule has 7 nitrogen and oxygen atoms in total. The number of benzene rings is 1. The van der Waals surface area contributed by atoms with Gasteiger partial charge in [0, 0.05) is 6.20 Å². The second kappa shape index (κ2) is 6.02. The van der Waals surface area contributed by atoms with Gasteiger partial charge in [-0.2, -0.15) is 0 Å². The molecular weight excluding hydrogens is 308 g/mol. The molecule has 0 aliphatic carbocycles. The molecule has 0 spiro atoms. The molecule has 0 atom stereocenters. The number of hydrogen-bond donors (Lipinski definition) is 1. The van der Waals surface area contributed by atoms with Crippen molar-refractivity contribution in [1.82, 2.24) is 4.98 Å². The number of carboxylic acid groups (broad SMARTS) is 1. The number of nitrogens with zero attached hydrogens (tertiary/aromatic N) is 1. The van der Waals surface area contributed by atoms with Crippen molar-refractivity contribution >= 4 is 21.8 Å². The van der Waals surface area contributed by atoms with Gasteiger partial charge in [0.1, 0.15) is 16.5 Å². The lowest BCUT2D eigenvalue weighted by atomic mass is 10.2. The van der Waals surface area contributed by atoms with Gasteiger partial charge < -0.3 is 14.6 Å². The minimum atomic E-state index is -4.06. The van der Waals surface area contributed by atoms with Crippen molar-refractivity contribution in [3.05, 3.63) is 47.7 Å². The highest BCUT2D eigenvalue weighted by Gasteiger charge is 2.21. The Balaban J connectivity index is 2.51. The van der Waals surface area contributed by atoms with Gasteiger partial charge in [0.2, 0.25) is 0 Å². The first-order chi connectivity index (χ1) is 10.3. The van der Waals surface area contributed by atoms with Gasteiger partial charge >= 0.3 is 0 Å². The Hall–Kier alpha value is -2.61. The molecule has 0 bridgehead atoms. The number of anilines is 1. The summed E-state index contributed by atoms with van der Waals surface area (Å²) in [4.78, 5) is 14.6. The number of aromatic carboxylic acids is 1. The number of pyridine rings is 1. The van der Waals surface area contributed by atoms with Crippen LogP contribution in [0.5, 0.6) is 5.75 Å². The Bertz CT molecular complexity index is 818. The van der Waals surface area contributed by atoms with Crippen LogP contribution in [0.3, 0.4) is 0 Å². The molecule has 0 aliphatic rings. The first-order valence-electron chi connectivity index (χ1n) is 6.19. The van der Waals surface area contributed by atoms with E-state index in [1.807, 2.05) is 0 Å². The lowest BCUT2D eigenvalue weighted by molar-refractivity contribution is -0.255. The van der Waals surface area contributed by atoms with Gasteiger partial charge in [-0.3, -0.25) is 4.72 Å². The maximum atomic E-state index is 12.5. The van der Waals surface area contributed by atoms with Crippen LogP contribution in [0, 0.1) is 6.92 Å². The van der Waals surface area contributed by atoms with Crippen LogP contribution in [0.1, 0.15) is 15.9 Å². The highest BCUT2D eigenvalue weighted by Crippen LogP contribution is 2.27. The zero-order chi connectivity index (χ0) is 16.3. The number of carbonyl (C=O) groups is 1. The number of hydrogen-bond acceptors (Lipinski definition) is 6. The zero-order valence-corrected chi connectivity index (χ0v) is 12.7. The quantitative estimate of drug-likeness (QED) is 0.862. The molecule has 8 heteroatoms. The number of methoxy groups -OCH3 is 1. The average molecular weight is 321 g/mol. The van der Waals surface area contributed by atoms with Crippen LogP contribution >= 0.6 is 0 Å². The summed E-state index contributed by atoms with van der Waals surface area (Å²) in [5.74, 6) is -1.30. The normalized spacial score (nSPS) is 11.0. The molecule has 0 amide bonds. The molecule has 0 radical (unpaired) electrons. The number of ether oxygens (including phenoxy) is 1. The topological polar surface area (TPSA) is 108 Å². The maximum absolute atomic E-state index is 12.5. The van der Waals surface area contributed by atoms with Crippen molar-refractivity contribution in [2.24, 2.45) is 0 Å². The second-order valence-electron chi connectivity index (χ2n) is 4.43. The van der Waals surface area contributed by atoms with Crippen LogP contribution in [-0.4, -0.2) is 26.5 Å². The molecule has 0 fully saturated rings. The molecule has 1 heterocycles. The van der Waals surface area contributed by atoms with E-state index in [9.17, 15) is 18.3 Å². The molecule has 1 aromatic carbocycles. The summed E-state index contributed by atoms with van der Waals surface area (Å²) in [5, 5.41) is 10.9. The van der Waals surface area contributed by atoms with E-state index < -0.39 is 16.0 Å². The molecule has 1 aromatic heterocycles. The van der Waals surface area contributed by atoms with Crippen LogP contribution in [0.4, 0.5) is 5.82 Å². The van der Waals surface area contributed by atoms with Gasteiger partial charge in [0.25, 0.3) is 10.0 Å². The Morgan fingerprint density at radius 3 is 2.64 bits per heavy atom. The summed E-state index contributed by atoms with van der Waals surface area (Å²) in [6.07, 6.45) is 1.44. The van der Waals surface area contributed by atoms with E-state index >= 15 is 0 Å². The van der Waals surface area contributed by atoms with Gasteiger partial charge in [-0.05, 0) is 42.3 Å². The van der Waals surface area contributed by atoms with Crippen molar-refractivity contribution in [1.29, 1.82) is 0 Å². The Morgan fingerprint density at radius 2 is 2.05 bits per heavy atom. The van der Waals surface area contributed by atoms with E-state index in [0.717, 1.165) is 6.07 Å². The minimum Gasteiger partial charge on any atom is -0.545 e. The Labute approximate surface area is 127 Å². The van der Waals surface area contributed by atoms with Crippen molar-refractivity contribution in [3.8, 4) is 5.75 Å². The number of sulfonamides is 1. The number of carboxylic acids is 1. The van der Waals surface area contributed by atoms with E-state index in [1.54, 1.807) is 19.1 Å². The largest absolute Gasteiger partial charge is 0.545 e. The van der Waals surface area contributed by atoms with E-state index in [0.29, 0.717) is 5.56 Å². The summed E-state index contributed by atoms with van der Waals surface area (Å²) < 4.78 is 32.2. The van der Waals surface area contributed by atoms with E-state index in [-0.39, 0.29) is 22.0 Å². The molecular formula is C14H13N2O5S-. The molecule has 0 saturated heterocycles. The third-order valence-electron chi connectivity index (χ3n) is 2.93. The fourth-order valence-electron chi connectivity index (χ4n) is 1.79. The molecule has 2 aromatic rings. The van der Waals surface area contributed by atoms with Crippen LogP contribution in [0.25, 0.3) is 0 Å². The monoisotopic (exact) mass is 321 g/mol. The first-order valence-corrected chi connectivity index (χ1v) is 7.67. The number of rotatable bonds is 5. The standard InChI is InChI=1S/C14H14N2O5S/c1-9-4-3-7-15-13(9)16-22(19,20)12-8-10(14(17)18)5-6-11(12)21-2/h3-8H,1-2H3,(H,15,16)(H,17,18)/p-1. The predicted octanol–water partition coefficient (Wildman–Crippen LogP) is 0.563. The van der Waals surface area contributed by atoms with E-state index in [1.165, 1.54) is 25.4 Å². The molecule has 0 saturated carbocycles. The average Bonchev–Trinajstić information content (AvgIpc) is 2.48. The molecule has 2 rings (SSSR count). The van der Waals surface area contributed by atoms with Crippen molar-refractivity contribution in [3.63, 3.8) is 0 Å². The molecule has 116 valence electrons. The zero-order valence-electron chi connectivity index (χ0n) is 11.9. The highest BCUT2D eigenvalue weighted by molar-refractivity contribution is 7.92. The Kier molecular flexibility index (Phi) is 4.32. The summed E-state index contributed by atoms with van der Waals surface area (Å²) in [6, 6.07) is 6.81. The maximum Gasteiger partial charge on any atom is 0.266 e. The lowest BCUT2D eigenvalue weighted by Gasteiger charge is -2.14. The first kappa shape index (κ1) is 15.8. The fourth-order valence-corrected chi connectivity index (χ4v) is 3.07. The van der Waals surface area contributed by atoms with Crippen LogP contribution in [0.2, 0.25) is 0 Å². The molecule has 1 N–H and O–H groups in total. The number of aryl methyl sites for hydroxylation is 1. The van der Waals surface area contributed by atoms with Crippen LogP contribution in [0.15, 0.2) is 41.4 Å². The SMILES string of the molecule is COc1ccc(C(=O)[O-])cc1S(=O)(=O)Nc1ncccc1C. The molecule has 22 heavy (non-hydrogen) atoms. The molecule has 0 aliphatic heterocycles. The van der Waals surface area contributed by atoms with Crippen molar-refractivity contribution in [2.45, 2.75) is 11.8 Å². The van der Waals surface area contributed by atoms with Gasteiger partial charge in [-0.15, -0.1) is 0 Å². The second-order valence-corrected chi connectivity index (χ2v) is 6.08. The summed E-state index contributed by atoms with van der Waals surface area (Å²) >= 11 is 0.